The molecule has 0 atom stereocenters. The van der Waals surface area contributed by atoms with Crippen LogP contribution in [-0.2, 0) is 9.59 Å². The van der Waals surface area contributed by atoms with Gasteiger partial charge in [0.25, 0.3) is 5.91 Å². The Hall–Kier alpha value is -2.88. The van der Waals surface area contributed by atoms with Crippen molar-refractivity contribution in [3.05, 3.63) is 28.8 Å². The van der Waals surface area contributed by atoms with E-state index >= 15 is 0 Å². The minimum Gasteiger partial charge on any atom is -0.341 e. The maximum atomic E-state index is 12.7. The first kappa shape index (κ1) is 21.4. The maximum Gasteiger partial charge on any atom is 0.325 e. The number of imide groups is 1. The van der Waals surface area contributed by atoms with Gasteiger partial charge in [-0.3, -0.25) is 14.5 Å². The summed E-state index contributed by atoms with van der Waals surface area (Å²) in [5, 5.41) is 3.67. The second-order valence-corrected chi connectivity index (χ2v) is 9.59. The number of aromatic nitrogens is 3. The molecule has 0 radical (unpaired) electrons. The third-order valence-corrected chi connectivity index (χ3v) is 7.10. The number of carbonyl (C=O) groups excluding carboxylic acids is 3. The molecule has 1 N–H and O–H groups in total. The predicted molar refractivity (Wildman–Crippen MR) is 115 cm³/mol. The Bertz CT molecular complexity index is 1040. The zero-order valence-electron chi connectivity index (χ0n) is 18.1. The quantitative estimate of drug-likeness (QED) is 0.728. The molecule has 4 amide bonds. The van der Waals surface area contributed by atoms with Crippen LogP contribution >= 0.6 is 11.3 Å². The molecule has 2 saturated heterocycles. The van der Waals surface area contributed by atoms with Crippen molar-refractivity contribution in [2.24, 2.45) is 0 Å². The van der Waals surface area contributed by atoms with Gasteiger partial charge in [-0.15, -0.1) is 11.3 Å². The Morgan fingerprint density at radius 2 is 1.94 bits per heavy atom. The largest absolute Gasteiger partial charge is 0.341 e. The lowest BCUT2D eigenvalue weighted by atomic mass is 9.97. The number of carbonyl (C=O) groups is 3. The summed E-state index contributed by atoms with van der Waals surface area (Å²) in [5.41, 5.74) is 0.878. The molecule has 2 aromatic heterocycles. The highest BCUT2D eigenvalue weighted by Gasteiger charge is 2.45. The van der Waals surface area contributed by atoms with Gasteiger partial charge in [0.15, 0.2) is 0 Å². The summed E-state index contributed by atoms with van der Waals surface area (Å²) in [6.07, 6.45) is 3.35. The van der Waals surface area contributed by atoms with E-state index in [1.807, 2.05) is 19.9 Å². The van der Waals surface area contributed by atoms with Gasteiger partial charge in [0.2, 0.25) is 5.91 Å². The van der Waals surface area contributed by atoms with E-state index in [0.717, 1.165) is 44.8 Å². The fraction of sp³-hybridized carbons (Fsp3) is 0.524. The van der Waals surface area contributed by atoms with Gasteiger partial charge in [-0.2, -0.15) is 0 Å². The van der Waals surface area contributed by atoms with Crippen molar-refractivity contribution in [1.29, 1.82) is 0 Å². The van der Waals surface area contributed by atoms with Crippen molar-refractivity contribution < 1.29 is 14.4 Å². The summed E-state index contributed by atoms with van der Waals surface area (Å²) in [7, 11) is 0. The Kier molecular flexibility index (Phi) is 5.50. The first-order valence-corrected chi connectivity index (χ1v) is 11.2. The van der Waals surface area contributed by atoms with Crippen LogP contribution < -0.4 is 5.32 Å². The zero-order chi connectivity index (χ0) is 22.3. The van der Waals surface area contributed by atoms with Crippen LogP contribution in [0, 0.1) is 13.8 Å². The summed E-state index contributed by atoms with van der Waals surface area (Å²) in [6, 6.07) is 1.39. The topological polar surface area (TPSA) is 108 Å². The van der Waals surface area contributed by atoms with Crippen LogP contribution in [0.15, 0.2) is 12.3 Å². The van der Waals surface area contributed by atoms with E-state index in [2.05, 4.69) is 15.3 Å². The first-order chi connectivity index (χ1) is 14.7. The molecule has 0 aliphatic carbocycles. The predicted octanol–water partition coefficient (Wildman–Crippen LogP) is 2.25. The van der Waals surface area contributed by atoms with Crippen molar-refractivity contribution in [3.8, 4) is 10.6 Å². The van der Waals surface area contributed by atoms with Gasteiger partial charge >= 0.3 is 6.03 Å². The molecule has 9 nitrogen and oxygen atoms in total. The lowest BCUT2D eigenvalue weighted by Crippen LogP contribution is -2.46. The molecule has 31 heavy (non-hydrogen) atoms. The molecule has 4 heterocycles. The summed E-state index contributed by atoms with van der Waals surface area (Å²) in [5.74, 6) is 0.436. The smallest absolute Gasteiger partial charge is 0.325 e. The van der Waals surface area contributed by atoms with Crippen molar-refractivity contribution in [2.45, 2.75) is 52.0 Å². The SMILES string of the molecule is Cc1nccc(-c2sc(C3CCN(C(=O)CN4C(=O)NC(C)(C)C4=O)CC3)nc2C)n1. The lowest BCUT2D eigenvalue weighted by Gasteiger charge is -2.32. The number of likely N-dealkylation sites (tertiary alicyclic amines) is 1. The highest BCUT2D eigenvalue weighted by Crippen LogP contribution is 2.36. The van der Waals surface area contributed by atoms with Crippen LogP contribution in [0.5, 0.6) is 0 Å². The van der Waals surface area contributed by atoms with E-state index in [4.69, 9.17) is 4.98 Å². The monoisotopic (exact) mass is 442 g/mol. The number of rotatable bonds is 4. The number of hydrogen-bond acceptors (Lipinski definition) is 7. The number of piperidine rings is 1. The van der Waals surface area contributed by atoms with Gasteiger partial charge in [0, 0.05) is 25.2 Å². The van der Waals surface area contributed by atoms with Crippen LogP contribution in [0.4, 0.5) is 4.79 Å². The van der Waals surface area contributed by atoms with Gasteiger partial charge in [-0.25, -0.2) is 19.7 Å². The van der Waals surface area contributed by atoms with E-state index in [0.29, 0.717) is 13.1 Å². The summed E-state index contributed by atoms with van der Waals surface area (Å²) in [4.78, 5) is 54.3. The fourth-order valence-corrected chi connectivity index (χ4v) is 5.19. The van der Waals surface area contributed by atoms with Crippen molar-refractivity contribution >= 4 is 29.2 Å². The zero-order valence-corrected chi connectivity index (χ0v) is 19.0. The Labute approximate surface area is 184 Å². The average molecular weight is 443 g/mol. The van der Waals surface area contributed by atoms with Crippen molar-refractivity contribution in [3.63, 3.8) is 0 Å². The second-order valence-electron chi connectivity index (χ2n) is 8.56. The molecule has 2 aliphatic heterocycles. The number of hydrogen-bond donors (Lipinski definition) is 1. The van der Waals surface area contributed by atoms with E-state index in [1.165, 1.54) is 0 Å². The molecule has 10 heteroatoms. The molecule has 0 aromatic carbocycles. The van der Waals surface area contributed by atoms with E-state index in [9.17, 15) is 14.4 Å². The van der Waals surface area contributed by atoms with Crippen LogP contribution in [-0.4, -0.2) is 67.8 Å². The van der Waals surface area contributed by atoms with Crippen LogP contribution in [0.25, 0.3) is 10.6 Å². The van der Waals surface area contributed by atoms with Gasteiger partial charge in [0.1, 0.15) is 17.9 Å². The number of thiazole rings is 1. The van der Waals surface area contributed by atoms with Crippen molar-refractivity contribution in [2.75, 3.05) is 19.6 Å². The summed E-state index contributed by atoms with van der Waals surface area (Å²) < 4.78 is 0. The Morgan fingerprint density at radius 3 is 2.55 bits per heavy atom. The van der Waals surface area contributed by atoms with Gasteiger partial charge in [-0.05, 0) is 46.6 Å². The molecule has 0 spiro atoms. The lowest BCUT2D eigenvalue weighted by molar-refractivity contribution is -0.139. The van der Waals surface area contributed by atoms with E-state index in [1.54, 1.807) is 36.3 Å². The summed E-state index contributed by atoms with van der Waals surface area (Å²) in [6.45, 7) is 8.08. The highest BCUT2D eigenvalue weighted by atomic mass is 32.1. The van der Waals surface area contributed by atoms with Gasteiger partial charge < -0.3 is 10.2 Å². The third kappa shape index (κ3) is 4.16. The number of amides is 4. The van der Waals surface area contributed by atoms with E-state index in [-0.39, 0.29) is 24.3 Å². The minimum absolute atomic E-state index is 0.202. The first-order valence-electron chi connectivity index (χ1n) is 10.3. The minimum atomic E-state index is -0.965. The molecule has 0 unspecified atom stereocenters. The Balaban J connectivity index is 1.38. The molecule has 2 fully saturated rings. The van der Waals surface area contributed by atoms with Crippen LogP contribution in [0.2, 0.25) is 0 Å². The number of aryl methyl sites for hydroxylation is 2. The molecular weight excluding hydrogens is 416 g/mol. The molecule has 0 bridgehead atoms. The molecule has 2 aromatic rings. The fourth-order valence-electron chi connectivity index (χ4n) is 3.98. The number of urea groups is 1. The average Bonchev–Trinajstić information content (AvgIpc) is 3.20. The maximum absolute atomic E-state index is 12.7. The highest BCUT2D eigenvalue weighted by molar-refractivity contribution is 7.15. The van der Waals surface area contributed by atoms with E-state index < -0.39 is 11.6 Å². The molecule has 164 valence electrons. The second kappa shape index (κ2) is 7.99. The molecule has 4 rings (SSSR count). The Morgan fingerprint density at radius 1 is 1.23 bits per heavy atom. The van der Waals surface area contributed by atoms with Crippen molar-refractivity contribution in [1.82, 2.24) is 30.1 Å². The molecule has 2 aliphatic rings. The number of nitrogens with zero attached hydrogens (tertiary/aromatic N) is 5. The standard InChI is InChI=1S/C21H26N6O3S/c1-12-17(15-5-8-22-13(2)24-15)31-18(23-12)14-6-9-26(10-7-14)16(28)11-27-19(29)21(3,4)25-20(27)30/h5,8,14H,6-7,9-11H2,1-4H3,(H,25,30). The molecular formula is C21H26N6O3S. The van der Waals surface area contributed by atoms with Gasteiger partial charge in [-0.1, -0.05) is 0 Å². The molecule has 0 saturated carbocycles. The normalized spacial score (nSPS) is 19.1. The summed E-state index contributed by atoms with van der Waals surface area (Å²) >= 11 is 1.65. The van der Waals surface area contributed by atoms with Gasteiger partial charge in [0.05, 0.1) is 21.3 Å². The van der Waals surface area contributed by atoms with Crippen LogP contribution in [0.3, 0.4) is 0 Å². The third-order valence-electron chi connectivity index (χ3n) is 5.76. The number of nitrogens with one attached hydrogen (secondary N) is 1. The van der Waals surface area contributed by atoms with Crippen LogP contribution in [0.1, 0.15) is 49.1 Å².